The van der Waals surface area contributed by atoms with Crippen LogP contribution in [0.25, 0.3) is 0 Å². The van der Waals surface area contributed by atoms with E-state index in [1.54, 1.807) is 0 Å². The van der Waals surface area contributed by atoms with E-state index in [-0.39, 0.29) is 5.92 Å². The third-order valence-electron chi connectivity index (χ3n) is 2.61. The van der Waals surface area contributed by atoms with E-state index in [9.17, 15) is 0 Å². The van der Waals surface area contributed by atoms with Gasteiger partial charge in [-0.25, -0.2) is 0 Å². The van der Waals surface area contributed by atoms with Crippen molar-refractivity contribution in [3.8, 4) is 0 Å². The molecule has 1 aliphatic carbocycles. The Morgan fingerprint density at radius 1 is 0.923 bits per heavy atom. The number of hydrogen-bond acceptors (Lipinski definition) is 0. The van der Waals surface area contributed by atoms with Crippen molar-refractivity contribution in [2.75, 3.05) is 0 Å². The SMILES string of the molecule is ClC(Cl)(Cl)C1CCCCC(Br)CC1. The highest BCUT2D eigenvalue weighted by Crippen LogP contribution is 2.42. The maximum absolute atomic E-state index is 5.90. The molecular weight excluding hydrogens is 294 g/mol. The molecule has 0 N–H and O–H groups in total. The second kappa shape index (κ2) is 5.44. The normalized spacial score (nSPS) is 32.3. The minimum atomic E-state index is -1.07. The van der Waals surface area contributed by atoms with Gasteiger partial charge >= 0.3 is 0 Å². The van der Waals surface area contributed by atoms with Gasteiger partial charge in [-0.15, -0.1) is 0 Å². The fourth-order valence-electron chi connectivity index (χ4n) is 1.75. The molecule has 0 heterocycles. The third-order valence-corrected chi connectivity index (χ3v) is 4.45. The van der Waals surface area contributed by atoms with Crippen LogP contribution < -0.4 is 0 Å². The van der Waals surface area contributed by atoms with Gasteiger partial charge in [-0.05, 0) is 25.7 Å². The molecule has 0 aromatic heterocycles. The zero-order chi connectivity index (χ0) is 9.90. The van der Waals surface area contributed by atoms with Gasteiger partial charge in [-0.3, -0.25) is 0 Å². The second-order valence-electron chi connectivity index (χ2n) is 3.70. The van der Waals surface area contributed by atoms with E-state index < -0.39 is 3.79 Å². The quantitative estimate of drug-likeness (QED) is 0.547. The molecule has 2 unspecified atom stereocenters. The van der Waals surface area contributed by atoms with Crippen LogP contribution in [0.1, 0.15) is 38.5 Å². The highest BCUT2D eigenvalue weighted by molar-refractivity contribution is 9.09. The molecule has 2 atom stereocenters. The van der Waals surface area contributed by atoms with Gasteiger partial charge in [0.25, 0.3) is 0 Å². The smallest absolute Gasteiger partial charge is 0.0891 e. The van der Waals surface area contributed by atoms with Gasteiger partial charge in [-0.2, -0.15) is 0 Å². The summed E-state index contributed by atoms with van der Waals surface area (Å²) >= 11 is 21.3. The molecule has 0 aromatic carbocycles. The zero-order valence-electron chi connectivity index (χ0n) is 7.41. The Bertz CT molecular complexity index is 155. The van der Waals surface area contributed by atoms with Crippen LogP contribution in [-0.2, 0) is 0 Å². The highest BCUT2D eigenvalue weighted by Gasteiger charge is 2.32. The summed E-state index contributed by atoms with van der Waals surface area (Å²) in [5, 5.41) is 0. The number of rotatable bonds is 0. The molecule has 4 heteroatoms. The predicted molar refractivity (Wildman–Crippen MR) is 64.2 cm³/mol. The van der Waals surface area contributed by atoms with Crippen LogP contribution in [0.3, 0.4) is 0 Å². The number of alkyl halides is 4. The molecule has 0 aliphatic heterocycles. The lowest BCUT2D eigenvalue weighted by molar-refractivity contribution is 0.389. The van der Waals surface area contributed by atoms with Gasteiger partial charge in [0.2, 0.25) is 0 Å². The Morgan fingerprint density at radius 3 is 2.15 bits per heavy atom. The summed E-state index contributed by atoms with van der Waals surface area (Å²) in [6, 6.07) is 0. The number of halogens is 4. The minimum absolute atomic E-state index is 0.234. The molecule has 1 fully saturated rings. The maximum Gasteiger partial charge on any atom is 0.193 e. The van der Waals surface area contributed by atoms with Crippen LogP contribution >= 0.6 is 50.7 Å². The average molecular weight is 308 g/mol. The minimum Gasteiger partial charge on any atom is -0.0891 e. The zero-order valence-corrected chi connectivity index (χ0v) is 11.3. The van der Waals surface area contributed by atoms with Crippen LogP contribution in [0.4, 0.5) is 0 Å². The van der Waals surface area contributed by atoms with Crippen molar-refractivity contribution >= 4 is 50.7 Å². The van der Waals surface area contributed by atoms with Crippen LogP contribution in [0.2, 0.25) is 0 Å². The van der Waals surface area contributed by atoms with Gasteiger partial charge in [0.05, 0.1) is 0 Å². The summed E-state index contributed by atoms with van der Waals surface area (Å²) in [6.07, 6.45) is 6.88. The predicted octanol–water partition coefficient (Wildman–Crippen LogP) is 5.09. The summed E-state index contributed by atoms with van der Waals surface area (Å²) in [5.74, 6) is 0.234. The molecule has 0 nitrogen and oxygen atoms in total. The summed E-state index contributed by atoms with van der Waals surface area (Å²) in [5.41, 5.74) is 0. The molecular formula is C9H14BrCl3. The summed E-state index contributed by atoms with van der Waals surface area (Å²) in [4.78, 5) is 0.614. The van der Waals surface area contributed by atoms with E-state index in [1.807, 2.05) is 0 Å². The fraction of sp³-hybridized carbons (Fsp3) is 1.00. The maximum atomic E-state index is 5.90. The Kier molecular flexibility index (Phi) is 5.20. The fourth-order valence-corrected chi connectivity index (χ4v) is 3.00. The lowest BCUT2D eigenvalue weighted by Crippen LogP contribution is -2.22. The second-order valence-corrected chi connectivity index (χ2v) is 7.36. The lowest BCUT2D eigenvalue weighted by atomic mass is 9.92. The first kappa shape index (κ1) is 12.4. The standard InChI is InChI=1S/C9H14BrCl3/c10-8-4-2-1-3-7(5-6-8)9(11,12)13/h7-8H,1-6H2. The first-order valence-electron chi connectivity index (χ1n) is 4.71. The van der Waals surface area contributed by atoms with Crippen LogP contribution in [0.15, 0.2) is 0 Å². The van der Waals surface area contributed by atoms with Crippen LogP contribution in [0.5, 0.6) is 0 Å². The number of hydrogen-bond donors (Lipinski definition) is 0. The van der Waals surface area contributed by atoms with Gasteiger partial charge in [0.1, 0.15) is 0 Å². The van der Waals surface area contributed by atoms with Crippen molar-refractivity contribution in [3.05, 3.63) is 0 Å². The lowest BCUT2D eigenvalue weighted by Gasteiger charge is -2.27. The molecule has 78 valence electrons. The van der Waals surface area contributed by atoms with E-state index in [0.29, 0.717) is 4.83 Å². The Labute approximate surface area is 103 Å². The van der Waals surface area contributed by atoms with Crippen molar-refractivity contribution in [3.63, 3.8) is 0 Å². The Hall–Kier alpha value is 1.35. The van der Waals surface area contributed by atoms with E-state index in [1.165, 1.54) is 19.3 Å². The van der Waals surface area contributed by atoms with Crippen molar-refractivity contribution in [1.82, 2.24) is 0 Å². The Balaban J connectivity index is 2.46. The molecule has 1 aliphatic rings. The monoisotopic (exact) mass is 306 g/mol. The van der Waals surface area contributed by atoms with Crippen molar-refractivity contribution in [2.24, 2.45) is 5.92 Å². The van der Waals surface area contributed by atoms with E-state index in [4.69, 9.17) is 34.8 Å². The summed E-state index contributed by atoms with van der Waals surface area (Å²) in [7, 11) is 0. The highest BCUT2D eigenvalue weighted by atomic mass is 79.9. The van der Waals surface area contributed by atoms with Crippen molar-refractivity contribution in [2.45, 2.75) is 47.1 Å². The Morgan fingerprint density at radius 2 is 1.54 bits per heavy atom. The first-order chi connectivity index (χ1) is 6.00. The average Bonchev–Trinajstić information content (AvgIpc) is 1.94. The molecule has 0 saturated heterocycles. The van der Waals surface area contributed by atoms with Gasteiger partial charge in [0.15, 0.2) is 3.79 Å². The van der Waals surface area contributed by atoms with Crippen molar-refractivity contribution in [1.29, 1.82) is 0 Å². The third kappa shape index (κ3) is 4.59. The molecule has 0 spiro atoms. The first-order valence-corrected chi connectivity index (χ1v) is 6.76. The molecule has 0 radical (unpaired) electrons. The van der Waals surface area contributed by atoms with Crippen LogP contribution in [-0.4, -0.2) is 8.62 Å². The molecule has 1 rings (SSSR count). The van der Waals surface area contributed by atoms with Crippen molar-refractivity contribution < 1.29 is 0 Å². The van der Waals surface area contributed by atoms with Crippen LogP contribution in [0, 0.1) is 5.92 Å². The molecule has 0 amide bonds. The van der Waals surface area contributed by atoms with Gasteiger partial charge in [-0.1, -0.05) is 63.6 Å². The summed E-state index contributed by atoms with van der Waals surface area (Å²) < 4.78 is -1.07. The van der Waals surface area contributed by atoms with E-state index in [2.05, 4.69) is 15.9 Å². The van der Waals surface area contributed by atoms with E-state index in [0.717, 1.165) is 19.3 Å². The summed E-state index contributed by atoms with van der Waals surface area (Å²) in [6.45, 7) is 0. The topological polar surface area (TPSA) is 0 Å². The molecule has 0 bridgehead atoms. The molecule has 0 aromatic rings. The van der Waals surface area contributed by atoms with E-state index >= 15 is 0 Å². The molecule has 13 heavy (non-hydrogen) atoms. The largest absolute Gasteiger partial charge is 0.193 e. The molecule has 1 saturated carbocycles. The van der Waals surface area contributed by atoms with Gasteiger partial charge in [0, 0.05) is 10.7 Å². The van der Waals surface area contributed by atoms with Gasteiger partial charge < -0.3 is 0 Å².